The highest BCUT2D eigenvalue weighted by Gasteiger charge is 2.30. The third-order valence-electron chi connectivity index (χ3n) is 15.8. The van der Waals surface area contributed by atoms with Crippen molar-refractivity contribution in [2.24, 2.45) is 0 Å². The van der Waals surface area contributed by atoms with Crippen LogP contribution in [0.2, 0.25) is 0 Å². The highest BCUT2D eigenvalue weighted by Crippen LogP contribution is 2.43. The molecule has 0 radical (unpaired) electrons. The number of unbranched alkanes of at least 4 members (excludes halogenated alkanes) is 37. The first-order valence-corrected chi connectivity index (χ1v) is 37.4. The van der Waals surface area contributed by atoms with E-state index in [0.29, 0.717) is 17.4 Å². The Hall–Kier alpha value is -2.81. The topological polar surface area (TPSA) is 111 Å². The number of nitrogens with zero attached hydrogens (tertiary/aromatic N) is 1. The SMILES string of the molecule is CC/C=C\C/C=C\C/C=C\C/C=C\C/C=C\C/C=C\CCCCC(=O)NC(COP(=O)(O)OCC[N+](C)(C)C)C(/C=C/CCCCCCCCCCCCC)OC(=O)CCCCCCCCCCCCCCCCCCCCCCCCCCC. The zero-order valence-electron chi connectivity index (χ0n) is 56.6. The molecular formula is C75H138N2O7P+. The van der Waals surface area contributed by atoms with E-state index in [-0.39, 0.29) is 37.9 Å². The van der Waals surface area contributed by atoms with E-state index in [1.165, 1.54) is 199 Å². The Morgan fingerprint density at radius 1 is 0.424 bits per heavy atom. The summed E-state index contributed by atoms with van der Waals surface area (Å²) in [4.78, 5) is 37.9. The number of rotatable bonds is 65. The molecule has 0 saturated carbocycles. The molecule has 0 heterocycles. The standard InChI is InChI=1S/C75H137N2O7P/c1-7-10-13-16-19-22-25-28-30-32-34-36-37-38-39-41-43-45-47-50-53-56-59-62-65-68-75(79)84-73(66-63-60-57-54-51-48-27-24-21-18-15-12-9-3)72(71-83-85(80,81)82-70-69-77(4,5)6)76-74(78)67-64-61-58-55-52-49-46-44-42-40-35-33-31-29-26-23-20-17-14-11-8-2/h11,14,20,23,29,31,35,40,44,46,52,55,63,66,72-73H,7-10,12-13,15-19,21-22,24-28,30,32-34,36-39,41-43,45,47-51,53-54,56-62,64-65,67-71H2,1-6H3,(H-,76,78,80,81)/p+1/b14-11-,23-20-,31-29-,40-35-,46-44-,55-52-,66-63+. The molecule has 9 nitrogen and oxygen atoms in total. The number of quaternary nitrogens is 1. The molecule has 0 aliphatic carbocycles. The van der Waals surface area contributed by atoms with Gasteiger partial charge in [0.15, 0.2) is 0 Å². The fourth-order valence-electron chi connectivity index (χ4n) is 10.4. The molecule has 2 N–H and O–H groups in total. The molecule has 0 fully saturated rings. The summed E-state index contributed by atoms with van der Waals surface area (Å²) in [5, 5.41) is 3.05. The molecule has 85 heavy (non-hydrogen) atoms. The first kappa shape index (κ1) is 82.2. The van der Waals surface area contributed by atoms with Gasteiger partial charge in [-0.25, -0.2) is 4.57 Å². The van der Waals surface area contributed by atoms with Crippen LogP contribution >= 0.6 is 7.82 Å². The molecule has 494 valence electrons. The van der Waals surface area contributed by atoms with Crippen molar-refractivity contribution in [3.8, 4) is 0 Å². The minimum Gasteiger partial charge on any atom is -0.456 e. The van der Waals surface area contributed by atoms with Crippen LogP contribution in [0, 0.1) is 0 Å². The van der Waals surface area contributed by atoms with Crippen LogP contribution in [-0.2, 0) is 27.9 Å². The monoisotopic (exact) mass is 1210 g/mol. The molecule has 0 rings (SSSR count). The summed E-state index contributed by atoms with van der Waals surface area (Å²) in [6, 6.07) is -0.875. The van der Waals surface area contributed by atoms with Crippen LogP contribution in [0.5, 0.6) is 0 Å². The van der Waals surface area contributed by atoms with E-state index in [2.05, 4.69) is 99.0 Å². The lowest BCUT2D eigenvalue weighted by molar-refractivity contribution is -0.870. The molecule has 0 saturated heterocycles. The number of carbonyl (C=O) groups excluding carboxylic acids is 2. The van der Waals surface area contributed by atoms with Gasteiger partial charge in [-0.15, -0.1) is 0 Å². The number of ether oxygens (including phenoxy) is 1. The molecule has 0 bridgehead atoms. The number of likely N-dealkylation sites (N-methyl/N-ethyl adjacent to an activating group) is 1. The summed E-state index contributed by atoms with van der Waals surface area (Å²) >= 11 is 0. The Kier molecular flexibility index (Phi) is 62.1. The quantitative estimate of drug-likeness (QED) is 0.0205. The summed E-state index contributed by atoms with van der Waals surface area (Å²) in [6.45, 7) is 6.90. The van der Waals surface area contributed by atoms with Crippen molar-refractivity contribution in [1.82, 2.24) is 5.32 Å². The molecule has 0 aliphatic heterocycles. The summed E-state index contributed by atoms with van der Waals surface area (Å²) < 4.78 is 30.8. The van der Waals surface area contributed by atoms with Gasteiger partial charge in [0.2, 0.25) is 5.91 Å². The van der Waals surface area contributed by atoms with Crippen molar-refractivity contribution in [3.05, 3.63) is 85.1 Å². The highest BCUT2D eigenvalue weighted by atomic mass is 31.2. The minimum absolute atomic E-state index is 0.0297. The van der Waals surface area contributed by atoms with Crippen LogP contribution in [0.25, 0.3) is 0 Å². The highest BCUT2D eigenvalue weighted by molar-refractivity contribution is 7.47. The van der Waals surface area contributed by atoms with Gasteiger partial charge in [0, 0.05) is 12.8 Å². The Bertz CT molecular complexity index is 1730. The number of amides is 1. The van der Waals surface area contributed by atoms with Crippen LogP contribution in [0.4, 0.5) is 0 Å². The maximum Gasteiger partial charge on any atom is 0.472 e. The zero-order valence-corrected chi connectivity index (χ0v) is 57.5. The van der Waals surface area contributed by atoms with Crippen molar-refractivity contribution < 1.29 is 37.3 Å². The number of hydrogen-bond donors (Lipinski definition) is 2. The van der Waals surface area contributed by atoms with E-state index >= 15 is 0 Å². The molecular weight excluding hydrogens is 1070 g/mol. The van der Waals surface area contributed by atoms with Crippen LogP contribution in [0.15, 0.2) is 85.1 Å². The second-order valence-electron chi connectivity index (χ2n) is 25.4. The Morgan fingerprint density at radius 3 is 1.14 bits per heavy atom. The zero-order chi connectivity index (χ0) is 62.1. The number of carbonyl (C=O) groups is 2. The predicted molar refractivity (Wildman–Crippen MR) is 369 cm³/mol. The molecule has 10 heteroatoms. The van der Waals surface area contributed by atoms with E-state index < -0.39 is 20.0 Å². The number of nitrogens with one attached hydrogen (secondary N) is 1. The summed E-state index contributed by atoms with van der Waals surface area (Å²) in [7, 11) is 1.47. The number of hydrogen-bond acceptors (Lipinski definition) is 6. The van der Waals surface area contributed by atoms with Gasteiger partial charge in [-0.05, 0) is 83.1 Å². The van der Waals surface area contributed by atoms with Crippen LogP contribution in [-0.4, -0.2) is 74.3 Å². The second kappa shape index (κ2) is 64.2. The Labute approximate surface area is 526 Å². The van der Waals surface area contributed by atoms with Crippen molar-refractivity contribution in [2.45, 2.75) is 341 Å². The van der Waals surface area contributed by atoms with Gasteiger partial charge in [-0.3, -0.25) is 18.6 Å². The van der Waals surface area contributed by atoms with E-state index in [9.17, 15) is 19.0 Å². The van der Waals surface area contributed by atoms with E-state index in [1.54, 1.807) is 0 Å². The maximum atomic E-state index is 13.6. The number of phosphoric acid groups is 1. The van der Waals surface area contributed by atoms with Gasteiger partial charge in [-0.1, -0.05) is 318 Å². The van der Waals surface area contributed by atoms with Gasteiger partial charge < -0.3 is 19.4 Å². The van der Waals surface area contributed by atoms with Crippen LogP contribution in [0.3, 0.4) is 0 Å². The first-order chi connectivity index (χ1) is 41.4. The molecule has 0 aliphatic rings. The third-order valence-corrected chi connectivity index (χ3v) is 16.8. The van der Waals surface area contributed by atoms with Crippen LogP contribution < -0.4 is 5.32 Å². The lowest BCUT2D eigenvalue weighted by Gasteiger charge is -2.27. The van der Waals surface area contributed by atoms with Crippen molar-refractivity contribution in [2.75, 3.05) is 40.9 Å². The normalized spacial score (nSPS) is 14.0. The minimum atomic E-state index is -4.47. The lowest BCUT2D eigenvalue weighted by atomic mass is 10.0. The van der Waals surface area contributed by atoms with E-state index in [0.717, 1.165) is 89.9 Å². The van der Waals surface area contributed by atoms with Crippen LogP contribution in [0.1, 0.15) is 329 Å². The molecule has 0 spiro atoms. The summed E-state index contributed by atoms with van der Waals surface area (Å²) in [5.74, 6) is -0.546. The lowest BCUT2D eigenvalue weighted by Crippen LogP contribution is -2.47. The van der Waals surface area contributed by atoms with Crippen molar-refractivity contribution in [1.29, 1.82) is 0 Å². The average molecular weight is 1210 g/mol. The number of allylic oxidation sites excluding steroid dienone is 13. The smallest absolute Gasteiger partial charge is 0.456 e. The molecule has 0 aromatic heterocycles. The molecule has 0 aromatic rings. The van der Waals surface area contributed by atoms with Crippen molar-refractivity contribution in [3.63, 3.8) is 0 Å². The molecule has 1 amide bonds. The molecule has 0 aromatic carbocycles. The number of phosphoric ester groups is 1. The maximum absolute atomic E-state index is 13.6. The van der Waals surface area contributed by atoms with Gasteiger partial charge in [0.1, 0.15) is 19.3 Å². The fourth-order valence-corrected chi connectivity index (χ4v) is 11.1. The summed E-state index contributed by atoms with van der Waals surface area (Å²) in [6.07, 6.45) is 86.1. The van der Waals surface area contributed by atoms with Gasteiger partial charge in [-0.2, -0.15) is 0 Å². The second-order valence-corrected chi connectivity index (χ2v) is 26.8. The average Bonchev–Trinajstić information content (AvgIpc) is 3.50. The van der Waals surface area contributed by atoms with Crippen molar-refractivity contribution >= 4 is 19.7 Å². The van der Waals surface area contributed by atoms with Gasteiger partial charge in [0.25, 0.3) is 0 Å². The molecule has 3 unspecified atom stereocenters. The van der Waals surface area contributed by atoms with Gasteiger partial charge >= 0.3 is 13.8 Å². The Morgan fingerprint density at radius 2 is 0.753 bits per heavy atom. The van der Waals surface area contributed by atoms with Gasteiger partial charge in [0.05, 0.1) is 33.8 Å². The van der Waals surface area contributed by atoms with E-state index in [4.69, 9.17) is 13.8 Å². The largest absolute Gasteiger partial charge is 0.472 e. The molecule has 3 atom stereocenters. The predicted octanol–water partition coefficient (Wildman–Crippen LogP) is 22.9. The third kappa shape index (κ3) is 65.5. The first-order valence-electron chi connectivity index (χ1n) is 35.9. The van der Waals surface area contributed by atoms with E-state index in [1.807, 2.05) is 33.3 Å². The Balaban J connectivity index is 5.14. The number of esters is 1. The summed E-state index contributed by atoms with van der Waals surface area (Å²) in [5.41, 5.74) is 0. The fraction of sp³-hybridized carbons (Fsp3) is 0.787.